The smallest absolute Gasteiger partial charge is 0.254 e. The van der Waals surface area contributed by atoms with Crippen LogP contribution >= 0.6 is 0 Å². The number of anilines is 1. The van der Waals surface area contributed by atoms with Gasteiger partial charge in [-0.05, 0) is 37.5 Å². The lowest BCUT2D eigenvalue weighted by Gasteiger charge is -2.32. The van der Waals surface area contributed by atoms with E-state index in [4.69, 9.17) is 0 Å². The van der Waals surface area contributed by atoms with E-state index in [0.29, 0.717) is 18.4 Å². The molecule has 2 aromatic heterocycles. The number of benzene rings is 1. The number of halogens is 2. The maximum Gasteiger partial charge on any atom is 0.254 e. The fourth-order valence-electron chi connectivity index (χ4n) is 3.37. The van der Waals surface area contributed by atoms with Gasteiger partial charge < -0.3 is 5.32 Å². The van der Waals surface area contributed by atoms with Gasteiger partial charge in [0, 0.05) is 37.4 Å². The Morgan fingerprint density at radius 1 is 1.15 bits per heavy atom. The fraction of sp³-hybridized carbons (Fsp3) is 0.389. The van der Waals surface area contributed by atoms with Crippen LogP contribution in [0.2, 0.25) is 0 Å². The standard InChI is InChI=1S/C18H20F2N6/c1-12-8-17(26-18(23-12)21-11-22-26)24-14-4-6-25(7-5-14)10-13-2-3-15(19)16(20)9-13/h2-3,8-9,11,14,24H,4-7,10H2,1H3. The van der Waals surface area contributed by atoms with Gasteiger partial charge in [-0.15, -0.1) is 0 Å². The van der Waals surface area contributed by atoms with E-state index >= 15 is 0 Å². The molecular formula is C18H20F2N6. The van der Waals surface area contributed by atoms with Crippen molar-refractivity contribution < 1.29 is 8.78 Å². The summed E-state index contributed by atoms with van der Waals surface area (Å²) >= 11 is 0. The molecule has 8 heteroatoms. The van der Waals surface area contributed by atoms with Crippen molar-refractivity contribution in [2.75, 3.05) is 18.4 Å². The molecule has 1 N–H and O–H groups in total. The van der Waals surface area contributed by atoms with E-state index in [9.17, 15) is 8.78 Å². The zero-order valence-corrected chi connectivity index (χ0v) is 14.5. The highest BCUT2D eigenvalue weighted by atomic mass is 19.2. The molecule has 1 saturated heterocycles. The molecule has 0 saturated carbocycles. The largest absolute Gasteiger partial charge is 0.367 e. The Morgan fingerprint density at radius 3 is 2.73 bits per heavy atom. The minimum absolute atomic E-state index is 0.324. The lowest BCUT2D eigenvalue weighted by molar-refractivity contribution is 0.211. The van der Waals surface area contributed by atoms with Crippen LogP contribution in [0.3, 0.4) is 0 Å². The van der Waals surface area contributed by atoms with Gasteiger partial charge in [0.05, 0.1) is 0 Å². The van der Waals surface area contributed by atoms with Crippen molar-refractivity contribution in [3.8, 4) is 0 Å². The number of nitrogens with one attached hydrogen (secondary N) is 1. The number of likely N-dealkylation sites (tertiary alicyclic amines) is 1. The Labute approximate surface area is 149 Å². The Hall–Kier alpha value is -2.61. The lowest BCUT2D eigenvalue weighted by Crippen LogP contribution is -2.39. The average Bonchev–Trinajstić information content (AvgIpc) is 3.08. The minimum Gasteiger partial charge on any atom is -0.367 e. The Kier molecular flexibility index (Phi) is 4.50. The molecule has 0 bridgehead atoms. The average molecular weight is 358 g/mol. The summed E-state index contributed by atoms with van der Waals surface area (Å²) in [4.78, 5) is 10.7. The molecule has 1 aromatic carbocycles. The van der Waals surface area contributed by atoms with Gasteiger partial charge in [-0.25, -0.2) is 13.8 Å². The van der Waals surface area contributed by atoms with Crippen molar-refractivity contribution in [1.82, 2.24) is 24.5 Å². The molecule has 0 atom stereocenters. The van der Waals surface area contributed by atoms with Crippen LogP contribution in [0, 0.1) is 18.6 Å². The molecule has 6 nitrogen and oxygen atoms in total. The first-order valence-electron chi connectivity index (χ1n) is 8.69. The third-order valence-electron chi connectivity index (χ3n) is 4.71. The number of piperidine rings is 1. The molecular weight excluding hydrogens is 338 g/mol. The number of aromatic nitrogens is 4. The summed E-state index contributed by atoms with van der Waals surface area (Å²) in [7, 11) is 0. The first-order valence-corrected chi connectivity index (χ1v) is 8.69. The number of nitrogens with zero attached hydrogens (tertiary/aromatic N) is 5. The number of aryl methyl sites for hydroxylation is 1. The van der Waals surface area contributed by atoms with E-state index in [0.717, 1.165) is 43.0 Å². The second-order valence-corrected chi connectivity index (χ2v) is 6.70. The molecule has 3 heterocycles. The number of rotatable bonds is 4. The first kappa shape index (κ1) is 16.8. The molecule has 0 unspecified atom stereocenters. The zero-order chi connectivity index (χ0) is 18.1. The quantitative estimate of drug-likeness (QED) is 0.777. The van der Waals surface area contributed by atoms with Crippen LogP contribution in [0.1, 0.15) is 24.1 Å². The highest BCUT2D eigenvalue weighted by Gasteiger charge is 2.20. The summed E-state index contributed by atoms with van der Waals surface area (Å²) in [6.45, 7) is 4.35. The van der Waals surface area contributed by atoms with Gasteiger partial charge in [0.1, 0.15) is 12.1 Å². The Balaban J connectivity index is 1.37. The van der Waals surface area contributed by atoms with E-state index < -0.39 is 11.6 Å². The van der Waals surface area contributed by atoms with Gasteiger partial charge in [0.2, 0.25) is 0 Å². The maximum atomic E-state index is 13.3. The number of hydrogen-bond acceptors (Lipinski definition) is 5. The summed E-state index contributed by atoms with van der Waals surface area (Å²) in [6.07, 6.45) is 3.42. The van der Waals surface area contributed by atoms with E-state index in [1.165, 1.54) is 18.5 Å². The van der Waals surface area contributed by atoms with Crippen molar-refractivity contribution in [3.63, 3.8) is 0 Å². The number of hydrogen-bond donors (Lipinski definition) is 1. The normalized spacial score (nSPS) is 16.3. The highest BCUT2D eigenvalue weighted by Crippen LogP contribution is 2.19. The van der Waals surface area contributed by atoms with Crippen molar-refractivity contribution in [2.45, 2.75) is 32.4 Å². The van der Waals surface area contributed by atoms with Crippen LogP contribution in [0.5, 0.6) is 0 Å². The van der Waals surface area contributed by atoms with Crippen LogP contribution in [0.4, 0.5) is 14.6 Å². The van der Waals surface area contributed by atoms with Crippen LogP contribution in [-0.2, 0) is 6.54 Å². The molecule has 1 fully saturated rings. The highest BCUT2D eigenvalue weighted by molar-refractivity contribution is 5.45. The predicted molar refractivity (Wildman–Crippen MR) is 93.8 cm³/mol. The molecule has 3 aromatic rings. The van der Waals surface area contributed by atoms with Gasteiger partial charge in [0.15, 0.2) is 11.6 Å². The van der Waals surface area contributed by atoms with Crippen molar-refractivity contribution >= 4 is 11.6 Å². The topological polar surface area (TPSA) is 58.4 Å². The molecule has 0 aliphatic carbocycles. The summed E-state index contributed by atoms with van der Waals surface area (Å²) in [5, 5.41) is 7.75. The molecule has 0 amide bonds. The predicted octanol–water partition coefficient (Wildman–Crippen LogP) is 2.79. The van der Waals surface area contributed by atoms with Crippen LogP contribution in [-0.4, -0.2) is 43.6 Å². The van der Waals surface area contributed by atoms with Gasteiger partial charge in [-0.3, -0.25) is 4.90 Å². The second-order valence-electron chi connectivity index (χ2n) is 6.70. The SMILES string of the molecule is Cc1cc(NC2CCN(Cc3ccc(F)c(F)c3)CC2)n2ncnc2n1. The van der Waals surface area contributed by atoms with E-state index in [1.807, 2.05) is 13.0 Å². The first-order chi connectivity index (χ1) is 12.6. The van der Waals surface area contributed by atoms with Crippen molar-refractivity contribution in [1.29, 1.82) is 0 Å². The summed E-state index contributed by atoms with van der Waals surface area (Å²) < 4.78 is 28.1. The monoisotopic (exact) mass is 358 g/mol. The number of fused-ring (bicyclic) bond motifs is 1. The minimum atomic E-state index is -0.802. The van der Waals surface area contributed by atoms with Gasteiger partial charge in [0.25, 0.3) is 5.78 Å². The van der Waals surface area contributed by atoms with E-state index in [-0.39, 0.29) is 0 Å². The third kappa shape index (κ3) is 3.50. The lowest BCUT2D eigenvalue weighted by atomic mass is 10.0. The zero-order valence-electron chi connectivity index (χ0n) is 14.5. The molecule has 4 rings (SSSR count). The van der Waals surface area contributed by atoms with Crippen LogP contribution in [0.25, 0.3) is 5.78 Å². The summed E-state index contributed by atoms with van der Waals surface area (Å²) in [6, 6.07) is 6.40. The van der Waals surface area contributed by atoms with E-state index in [1.54, 1.807) is 10.6 Å². The molecule has 1 aliphatic rings. The molecule has 0 spiro atoms. The van der Waals surface area contributed by atoms with Crippen LogP contribution in [0.15, 0.2) is 30.6 Å². The van der Waals surface area contributed by atoms with Gasteiger partial charge >= 0.3 is 0 Å². The molecule has 26 heavy (non-hydrogen) atoms. The molecule has 0 radical (unpaired) electrons. The van der Waals surface area contributed by atoms with Gasteiger partial charge in [-0.2, -0.15) is 14.6 Å². The summed E-state index contributed by atoms with van der Waals surface area (Å²) in [5.41, 5.74) is 1.69. The van der Waals surface area contributed by atoms with Crippen molar-refractivity contribution in [3.05, 3.63) is 53.5 Å². The third-order valence-corrected chi connectivity index (χ3v) is 4.71. The van der Waals surface area contributed by atoms with Crippen LogP contribution < -0.4 is 5.32 Å². The summed E-state index contributed by atoms with van der Waals surface area (Å²) in [5.74, 6) is -0.111. The molecule has 1 aliphatic heterocycles. The Morgan fingerprint density at radius 2 is 1.96 bits per heavy atom. The van der Waals surface area contributed by atoms with Crippen molar-refractivity contribution in [2.24, 2.45) is 0 Å². The maximum absolute atomic E-state index is 13.3. The Bertz CT molecular complexity index is 917. The fourth-order valence-corrected chi connectivity index (χ4v) is 3.37. The second kappa shape index (κ2) is 6.95. The van der Waals surface area contributed by atoms with E-state index in [2.05, 4.69) is 25.3 Å². The van der Waals surface area contributed by atoms with Gasteiger partial charge in [-0.1, -0.05) is 6.07 Å². The molecule has 136 valence electrons.